The van der Waals surface area contributed by atoms with Crippen LogP contribution in [0.4, 0.5) is 0 Å². The Morgan fingerprint density at radius 3 is 2.36 bits per heavy atom. The van der Waals surface area contributed by atoms with E-state index in [9.17, 15) is 8.42 Å². The van der Waals surface area contributed by atoms with Gasteiger partial charge >= 0.3 is 0 Å². The molecule has 1 atom stereocenters. The van der Waals surface area contributed by atoms with Gasteiger partial charge in [-0.3, -0.25) is 0 Å². The summed E-state index contributed by atoms with van der Waals surface area (Å²) in [5.41, 5.74) is 0. The van der Waals surface area contributed by atoms with E-state index in [2.05, 4.69) is 0 Å². The Bertz CT molecular complexity index is 302. The van der Waals surface area contributed by atoms with Crippen molar-refractivity contribution in [3.05, 3.63) is 24.3 Å². The Morgan fingerprint density at radius 2 is 2.09 bits per heavy atom. The molecule has 4 heteroatoms. The molecule has 0 aromatic heterocycles. The number of halogens is 1. The highest BCUT2D eigenvalue weighted by Gasteiger charge is 2.34. The van der Waals surface area contributed by atoms with E-state index in [1.54, 1.807) is 12.2 Å². The molecule has 1 rings (SSSR count). The summed E-state index contributed by atoms with van der Waals surface area (Å²) in [4.78, 5) is 0. The van der Waals surface area contributed by atoms with Crippen LogP contribution in [0.25, 0.3) is 0 Å². The number of rotatable bonds is 1. The maximum Gasteiger partial charge on any atom is 0.166 e. The van der Waals surface area contributed by atoms with E-state index >= 15 is 0 Å². The molecule has 0 aromatic rings. The average Bonchev–Trinajstić information content (AvgIpc) is 1.87. The van der Waals surface area contributed by atoms with Gasteiger partial charge in [0, 0.05) is 6.26 Å². The van der Waals surface area contributed by atoms with Crippen LogP contribution in [-0.2, 0) is 9.84 Å². The lowest BCUT2D eigenvalue weighted by molar-refractivity contribution is 0.592. The molecule has 0 aliphatic heterocycles. The molecule has 0 amide bonds. The minimum absolute atomic E-state index is 0.572. The first-order chi connectivity index (χ1) is 4.96. The van der Waals surface area contributed by atoms with E-state index in [-0.39, 0.29) is 0 Å². The smallest absolute Gasteiger partial charge is 0.166 e. The maximum atomic E-state index is 11.2. The first-order valence-electron chi connectivity index (χ1n) is 3.19. The van der Waals surface area contributed by atoms with Gasteiger partial charge in [-0.15, -0.1) is 0 Å². The molecule has 0 spiro atoms. The topological polar surface area (TPSA) is 34.1 Å². The van der Waals surface area contributed by atoms with Crippen molar-refractivity contribution in [3.63, 3.8) is 0 Å². The van der Waals surface area contributed by atoms with Crippen molar-refractivity contribution < 1.29 is 8.42 Å². The fourth-order valence-electron chi connectivity index (χ4n) is 0.850. The van der Waals surface area contributed by atoms with Crippen molar-refractivity contribution in [2.45, 2.75) is 9.17 Å². The van der Waals surface area contributed by atoms with Gasteiger partial charge in [-0.25, -0.2) is 8.42 Å². The number of hydrogen-bond acceptors (Lipinski definition) is 2. The van der Waals surface area contributed by atoms with Crippen LogP contribution in [0, 0.1) is 0 Å². The summed E-state index contributed by atoms with van der Waals surface area (Å²) in [5, 5.41) is 0. The molecular formula is C7H9IO2S. The van der Waals surface area contributed by atoms with Gasteiger partial charge in [0.05, 0.1) is 0 Å². The van der Waals surface area contributed by atoms with E-state index in [1.165, 1.54) is 6.26 Å². The van der Waals surface area contributed by atoms with Gasteiger partial charge in [0.15, 0.2) is 9.84 Å². The monoisotopic (exact) mass is 284 g/mol. The summed E-state index contributed by atoms with van der Waals surface area (Å²) in [5.74, 6) is 0. The SMILES string of the molecule is CS(=O)(=O)C1(I)C=CC=CC1. The van der Waals surface area contributed by atoms with Gasteiger partial charge < -0.3 is 0 Å². The van der Waals surface area contributed by atoms with Gasteiger partial charge in [-0.2, -0.15) is 0 Å². The molecule has 1 aliphatic rings. The second-order valence-electron chi connectivity index (χ2n) is 2.55. The van der Waals surface area contributed by atoms with Gasteiger partial charge in [0.25, 0.3) is 0 Å². The summed E-state index contributed by atoms with van der Waals surface area (Å²) in [6, 6.07) is 0. The first kappa shape index (κ1) is 9.25. The number of sulfone groups is 1. The summed E-state index contributed by atoms with van der Waals surface area (Å²) in [6.45, 7) is 0. The minimum atomic E-state index is -2.98. The fraction of sp³-hybridized carbons (Fsp3) is 0.429. The van der Waals surface area contributed by atoms with Crippen molar-refractivity contribution >= 4 is 32.4 Å². The highest BCUT2D eigenvalue weighted by Crippen LogP contribution is 2.33. The second-order valence-corrected chi connectivity index (χ2v) is 7.48. The van der Waals surface area contributed by atoms with Crippen molar-refractivity contribution in [2.75, 3.05) is 6.26 Å². The number of alkyl halides is 1. The third-order valence-corrected chi connectivity index (χ3v) is 6.34. The molecule has 1 aliphatic carbocycles. The number of hydrogen-bond donors (Lipinski definition) is 0. The van der Waals surface area contributed by atoms with Crippen molar-refractivity contribution in [1.82, 2.24) is 0 Å². The zero-order valence-corrected chi connectivity index (χ0v) is 9.09. The van der Waals surface area contributed by atoms with Gasteiger partial charge in [0.2, 0.25) is 0 Å². The largest absolute Gasteiger partial charge is 0.227 e. The Kier molecular flexibility index (Phi) is 2.43. The third-order valence-electron chi connectivity index (χ3n) is 1.60. The van der Waals surface area contributed by atoms with Crippen molar-refractivity contribution in [3.8, 4) is 0 Å². The van der Waals surface area contributed by atoms with Crippen LogP contribution < -0.4 is 0 Å². The van der Waals surface area contributed by atoms with Gasteiger partial charge in [-0.1, -0.05) is 46.9 Å². The average molecular weight is 284 g/mol. The molecule has 0 aromatic carbocycles. The van der Waals surface area contributed by atoms with E-state index in [0.29, 0.717) is 6.42 Å². The second kappa shape index (κ2) is 2.90. The van der Waals surface area contributed by atoms with Crippen LogP contribution in [0.15, 0.2) is 24.3 Å². The summed E-state index contributed by atoms with van der Waals surface area (Å²) in [7, 11) is -2.98. The van der Waals surface area contributed by atoms with Crippen LogP contribution in [0.2, 0.25) is 0 Å². The molecule has 1 unspecified atom stereocenters. The molecule has 11 heavy (non-hydrogen) atoms. The third kappa shape index (κ3) is 1.84. The molecule has 0 radical (unpaired) electrons. The predicted octanol–water partition coefficient (Wildman–Crippen LogP) is 1.68. The normalized spacial score (nSPS) is 30.7. The Hall–Kier alpha value is 0.160. The lowest BCUT2D eigenvalue weighted by Crippen LogP contribution is -2.28. The molecule has 0 N–H and O–H groups in total. The summed E-state index contributed by atoms with van der Waals surface area (Å²) >= 11 is 1.97. The van der Waals surface area contributed by atoms with E-state index < -0.39 is 12.6 Å². The van der Waals surface area contributed by atoms with Crippen LogP contribution in [-0.4, -0.2) is 17.4 Å². The van der Waals surface area contributed by atoms with Crippen LogP contribution >= 0.6 is 22.6 Å². The Morgan fingerprint density at radius 1 is 1.45 bits per heavy atom. The predicted molar refractivity (Wildman–Crippen MR) is 54.5 cm³/mol. The minimum Gasteiger partial charge on any atom is -0.227 e. The quantitative estimate of drug-likeness (QED) is 0.542. The van der Waals surface area contributed by atoms with Crippen molar-refractivity contribution in [2.24, 2.45) is 0 Å². The fourth-order valence-corrected chi connectivity index (χ4v) is 2.04. The lowest BCUT2D eigenvalue weighted by atomic mass is 10.2. The van der Waals surface area contributed by atoms with E-state index in [4.69, 9.17) is 0 Å². The molecule has 0 heterocycles. The van der Waals surface area contributed by atoms with Gasteiger partial charge in [0.1, 0.15) is 2.75 Å². The van der Waals surface area contributed by atoms with Crippen LogP contribution in [0.1, 0.15) is 6.42 Å². The molecule has 0 saturated heterocycles. The lowest BCUT2D eigenvalue weighted by Gasteiger charge is -2.21. The maximum absolute atomic E-state index is 11.2. The molecule has 0 saturated carbocycles. The van der Waals surface area contributed by atoms with Crippen LogP contribution in [0.3, 0.4) is 0 Å². The zero-order valence-electron chi connectivity index (χ0n) is 6.12. The number of allylic oxidation sites excluding steroid dienone is 3. The van der Waals surface area contributed by atoms with Gasteiger partial charge in [-0.05, 0) is 6.42 Å². The standard InChI is InChI=1S/C7H9IO2S/c1-11(9,10)7(8)5-3-2-4-6-7/h2-5H,6H2,1H3. The van der Waals surface area contributed by atoms with Crippen molar-refractivity contribution in [1.29, 1.82) is 0 Å². The van der Waals surface area contributed by atoms with E-state index in [1.807, 2.05) is 34.7 Å². The molecular weight excluding hydrogens is 275 g/mol. The molecule has 62 valence electrons. The first-order valence-corrected chi connectivity index (χ1v) is 6.16. The Balaban J connectivity index is 3.04. The molecule has 0 bridgehead atoms. The van der Waals surface area contributed by atoms with E-state index in [0.717, 1.165) is 0 Å². The molecule has 0 fully saturated rings. The Labute approximate surface area is 80.4 Å². The highest BCUT2D eigenvalue weighted by molar-refractivity contribution is 14.1. The summed E-state index contributed by atoms with van der Waals surface area (Å²) < 4.78 is 21.7. The zero-order chi connectivity index (χ0) is 8.54. The summed E-state index contributed by atoms with van der Waals surface area (Å²) in [6.07, 6.45) is 9.07. The van der Waals surface area contributed by atoms with Crippen LogP contribution in [0.5, 0.6) is 0 Å². The molecule has 2 nitrogen and oxygen atoms in total. The highest BCUT2D eigenvalue weighted by atomic mass is 127.